The van der Waals surface area contributed by atoms with Crippen LogP contribution in [0, 0.1) is 0 Å². The van der Waals surface area contributed by atoms with Crippen LogP contribution in [-0.4, -0.2) is 43.1 Å². The molecule has 122 valence electrons. The number of benzene rings is 1. The average molecular weight is 319 g/mol. The van der Waals surface area contributed by atoms with Crippen molar-refractivity contribution in [1.82, 2.24) is 9.88 Å². The van der Waals surface area contributed by atoms with Crippen LogP contribution in [0.15, 0.2) is 65.6 Å². The van der Waals surface area contributed by atoms with Gasteiger partial charge in [0.15, 0.2) is 0 Å². The van der Waals surface area contributed by atoms with Crippen molar-refractivity contribution in [2.45, 2.75) is 0 Å². The van der Waals surface area contributed by atoms with E-state index >= 15 is 0 Å². The number of anilines is 1. The van der Waals surface area contributed by atoms with Gasteiger partial charge in [-0.05, 0) is 36.9 Å². The zero-order valence-electron chi connectivity index (χ0n) is 13.9. The van der Waals surface area contributed by atoms with Gasteiger partial charge in [-0.25, -0.2) is 0 Å². The number of piperazine rings is 1. The van der Waals surface area contributed by atoms with Crippen molar-refractivity contribution in [2.24, 2.45) is 0 Å². The maximum atomic E-state index is 5.20. The molecular formula is C20H21N3O. The lowest BCUT2D eigenvalue weighted by atomic mass is 10.0. The third-order valence-electron chi connectivity index (χ3n) is 4.62. The molecule has 4 heteroatoms. The average Bonchev–Trinajstić information content (AvgIpc) is 3.17. The lowest BCUT2D eigenvalue weighted by molar-refractivity contribution is 0.313. The molecule has 0 bridgehead atoms. The SMILES string of the molecule is CN1CCN(c2ccnc(-c3cccc(-c4ccoc4)c3)c2)CC1. The van der Waals surface area contributed by atoms with Crippen LogP contribution in [0.1, 0.15) is 0 Å². The van der Waals surface area contributed by atoms with E-state index < -0.39 is 0 Å². The first-order valence-corrected chi connectivity index (χ1v) is 8.32. The van der Waals surface area contributed by atoms with E-state index in [-0.39, 0.29) is 0 Å². The number of pyridine rings is 1. The predicted molar refractivity (Wildman–Crippen MR) is 97.1 cm³/mol. The zero-order chi connectivity index (χ0) is 16.4. The first kappa shape index (κ1) is 15.0. The molecule has 24 heavy (non-hydrogen) atoms. The minimum atomic E-state index is 1.01. The molecule has 2 aromatic heterocycles. The van der Waals surface area contributed by atoms with Crippen molar-refractivity contribution >= 4 is 5.69 Å². The van der Waals surface area contributed by atoms with Crippen LogP contribution in [0.5, 0.6) is 0 Å². The molecule has 0 unspecified atom stereocenters. The fraction of sp³-hybridized carbons (Fsp3) is 0.250. The highest BCUT2D eigenvalue weighted by Gasteiger charge is 2.15. The molecule has 0 aliphatic carbocycles. The molecule has 1 aromatic carbocycles. The topological polar surface area (TPSA) is 32.5 Å². The first-order valence-electron chi connectivity index (χ1n) is 8.32. The van der Waals surface area contributed by atoms with Crippen LogP contribution in [0.4, 0.5) is 5.69 Å². The summed E-state index contributed by atoms with van der Waals surface area (Å²) in [6.07, 6.45) is 5.38. The van der Waals surface area contributed by atoms with Gasteiger partial charge in [0.05, 0.1) is 18.2 Å². The van der Waals surface area contributed by atoms with Gasteiger partial charge in [-0.3, -0.25) is 4.98 Å². The molecule has 0 N–H and O–H groups in total. The molecule has 1 aliphatic heterocycles. The van der Waals surface area contributed by atoms with Crippen LogP contribution in [-0.2, 0) is 0 Å². The second kappa shape index (κ2) is 6.49. The molecule has 0 atom stereocenters. The predicted octanol–water partition coefficient (Wildman–Crippen LogP) is 3.76. The van der Waals surface area contributed by atoms with Gasteiger partial charge < -0.3 is 14.2 Å². The van der Waals surface area contributed by atoms with Gasteiger partial charge in [-0.2, -0.15) is 0 Å². The number of aromatic nitrogens is 1. The van der Waals surface area contributed by atoms with E-state index in [4.69, 9.17) is 4.42 Å². The van der Waals surface area contributed by atoms with Crippen LogP contribution in [0.25, 0.3) is 22.4 Å². The van der Waals surface area contributed by atoms with E-state index in [9.17, 15) is 0 Å². The van der Waals surface area contributed by atoms with E-state index in [2.05, 4.69) is 58.2 Å². The van der Waals surface area contributed by atoms with Crippen LogP contribution < -0.4 is 4.90 Å². The van der Waals surface area contributed by atoms with Crippen molar-refractivity contribution < 1.29 is 4.42 Å². The number of rotatable bonds is 3. The Hall–Kier alpha value is -2.59. The Labute approximate surface area is 142 Å². The number of nitrogens with zero attached hydrogens (tertiary/aromatic N) is 3. The second-order valence-electron chi connectivity index (χ2n) is 6.28. The summed E-state index contributed by atoms with van der Waals surface area (Å²) in [6.45, 7) is 4.34. The molecule has 1 fully saturated rings. The molecule has 4 nitrogen and oxygen atoms in total. The molecule has 0 radical (unpaired) electrons. The van der Waals surface area contributed by atoms with Crippen molar-refractivity contribution in [1.29, 1.82) is 0 Å². The van der Waals surface area contributed by atoms with Crippen molar-refractivity contribution in [3.63, 3.8) is 0 Å². The minimum Gasteiger partial charge on any atom is -0.472 e. The van der Waals surface area contributed by atoms with Gasteiger partial charge in [-0.15, -0.1) is 0 Å². The van der Waals surface area contributed by atoms with Crippen molar-refractivity contribution in [2.75, 3.05) is 38.1 Å². The second-order valence-corrected chi connectivity index (χ2v) is 6.28. The fourth-order valence-electron chi connectivity index (χ4n) is 3.13. The number of hydrogen-bond acceptors (Lipinski definition) is 4. The van der Waals surface area contributed by atoms with Crippen molar-refractivity contribution in [3.8, 4) is 22.4 Å². The van der Waals surface area contributed by atoms with Gasteiger partial charge in [-0.1, -0.05) is 18.2 Å². The maximum absolute atomic E-state index is 5.20. The van der Waals surface area contributed by atoms with Gasteiger partial charge in [0.25, 0.3) is 0 Å². The molecule has 1 saturated heterocycles. The summed E-state index contributed by atoms with van der Waals surface area (Å²) in [7, 11) is 2.18. The Morgan fingerprint density at radius 3 is 2.54 bits per heavy atom. The summed E-state index contributed by atoms with van der Waals surface area (Å²) in [4.78, 5) is 9.39. The zero-order valence-corrected chi connectivity index (χ0v) is 13.9. The van der Waals surface area contributed by atoms with Crippen molar-refractivity contribution in [3.05, 3.63) is 61.2 Å². The third-order valence-corrected chi connectivity index (χ3v) is 4.62. The van der Waals surface area contributed by atoms with E-state index in [1.54, 1.807) is 12.5 Å². The Kier molecular flexibility index (Phi) is 4.05. The molecule has 1 aliphatic rings. The van der Waals surface area contributed by atoms with Gasteiger partial charge in [0, 0.05) is 49.2 Å². The highest BCUT2D eigenvalue weighted by atomic mass is 16.3. The number of hydrogen-bond donors (Lipinski definition) is 0. The Balaban J connectivity index is 1.63. The summed E-state index contributed by atoms with van der Waals surface area (Å²) in [6, 6.07) is 14.7. The third kappa shape index (κ3) is 3.05. The largest absolute Gasteiger partial charge is 0.472 e. The van der Waals surface area contributed by atoms with E-state index in [1.807, 2.05) is 12.3 Å². The quantitative estimate of drug-likeness (QED) is 0.736. The van der Waals surface area contributed by atoms with Gasteiger partial charge in [0.1, 0.15) is 0 Å². The summed E-state index contributed by atoms with van der Waals surface area (Å²) in [5, 5.41) is 0. The molecular weight excluding hydrogens is 298 g/mol. The number of furan rings is 1. The summed E-state index contributed by atoms with van der Waals surface area (Å²) >= 11 is 0. The lowest BCUT2D eigenvalue weighted by Gasteiger charge is -2.34. The summed E-state index contributed by atoms with van der Waals surface area (Å²) < 4.78 is 5.20. The van der Waals surface area contributed by atoms with Crippen LogP contribution >= 0.6 is 0 Å². The Morgan fingerprint density at radius 2 is 1.75 bits per heavy atom. The van der Waals surface area contributed by atoms with Gasteiger partial charge >= 0.3 is 0 Å². The molecule has 0 spiro atoms. The van der Waals surface area contributed by atoms with E-state index in [1.165, 1.54) is 5.69 Å². The van der Waals surface area contributed by atoms with E-state index in [0.29, 0.717) is 0 Å². The molecule has 0 saturated carbocycles. The standard InChI is InChI=1S/C20H21N3O/c1-22-8-10-23(11-9-22)19-5-7-21-20(14-19)17-4-2-3-16(13-17)18-6-12-24-15-18/h2-7,12-15H,8-11H2,1H3. The first-order chi connectivity index (χ1) is 11.8. The van der Waals surface area contributed by atoms with Gasteiger partial charge in [0.2, 0.25) is 0 Å². The molecule has 3 aromatic rings. The minimum absolute atomic E-state index is 1.01. The fourth-order valence-corrected chi connectivity index (χ4v) is 3.13. The molecule has 4 rings (SSSR count). The van der Waals surface area contributed by atoms with E-state index in [0.717, 1.165) is 48.6 Å². The lowest BCUT2D eigenvalue weighted by Crippen LogP contribution is -2.44. The highest BCUT2D eigenvalue weighted by molar-refractivity contribution is 5.72. The highest BCUT2D eigenvalue weighted by Crippen LogP contribution is 2.27. The summed E-state index contributed by atoms with van der Waals surface area (Å²) in [5.41, 5.74) is 5.63. The monoisotopic (exact) mass is 319 g/mol. The Bertz CT molecular complexity index is 805. The summed E-state index contributed by atoms with van der Waals surface area (Å²) in [5.74, 6) is 0. The molecule has 3 heterocycles. The maximum Gasteiger partial charge on any atom is 0.0980 e. The normalized spacial score (nSPS) is 15.6. The Morgan fingerprint density at radius 1 is 0.917 bits per heavy atom. The molecule has 0 amide bonds. The van der Waals surface area contributed by atoms with Crippen LogP contribution in [0.2, 0.25) is 0 Å². The number of likely N-dealkylation sites (N-methyl/N-ethyl adjacent to an activating group) is 1. The smallest absolute Gasteiger partial charge is 0.0980 e. The van der Waals surface area contributed by atoms with Crippen LogP contribution in [0.3, 0.4) is 0 Å².